The predicted octanol–water partition coefficient (Wildman–Crippen LogP) is 3.25. The van der Waals surface area contributed by atoms with E-state index in [2.05, 4.69) is 6.92 Å². The van der Waals surface area contributed by atoms with Crippen LogP contribution in [0.15, 0.2) is 0 Å². The summed E-state index contributed by atoms with van der Waals surface area (Å²) in [6.45, 7) is 2.63. The van der Waals surface area contributed by atoms with E-state index in [0.29, 0.717) is 6.61 Å². The maximum Gasteiger partial charge on any atom is 0.0431 e. The number of aliphatic hydroxyl groups excluding tert-OH is 1. The summed E-state index contributed by atoms with van der Waals surface area (Å²) < 4.78 is 0. The lowest BCUT2D eigenvalue weighted by atomic mass is 10.1. The van der Waals surface area contributed by atoms with Crippen LogP contribution in [-0.2, 0) is 0 Å². The van der Waals surface area contributed by atoms with Crippen LogP contribution in [0.2, 0.25) is 0 Å². The molecule has 3 heteroatoms. The first-order chi connectivity index (χ1) is 8.15. The van der Waals surface area contributed by atoms with E-state index in [4.69, 9.17) is 5.11 Å². The molecule has 0 saturated carbocycles. The molecule has 0 aromatic carbocycles. The van der Waals surface area contributed by atoms with Crippen molar-refractivity contribution in [3.05, 3.63) is 0 Å². The van der Waals surface area contributed by atoms with Gasteiger partial charge in [-0.3, -0.25) is 0 Å². The Kier molecular flexibility index (Phi) is 28.2. The highest BCUT2D eigenvalue weighted by Crippen LogP contribution is 2.09. The van der Waals surface area contributed by atoms with Gasteiger partial charge in [-0.25, -0.2) is 0 Å². The van der Waals surface area contributed by atoms with Crippen LogP contribution in [0.5, 0.6) is 0 Å². The van der Waals surface area contributed by atoms with Gasteiger partial charge in [0.15, 0.2) is 0 Å². The molecule has 0 atom stereocenters. The minimum atomic E-state index is 0. The van der Waals surface area contributed by atoms with Gasteiger partial charge in [-0.05, 0) is 27.6 Å². The number of unbranched alkanes of at least 4 members (excludes halogenated alkanes) is 9. The molecule has 0 amide bonds. The van der Waals surface area contributed by atoms with Gasteiger partial charge in [-0.1, -0.05) is 64.7 Å². The van der Waals surface area contributed by atoms with Crippen LogP contribution in [0.1, 0.15) is 71.1 Å². The SMILES string of the molecule is CCCCCCCCCCCCO.CN(C)C.O. The topological polar surface area (TPSA) is 55.0 Å². The first-order valence-electron chi connectivity index (χ1n) is 7.36. The number of aliphatic hydroxyl groups is 1. The van der Waals surface area contributed by atoms with Gasteiger partial charge < -0.3 is 15.5 Å². The largest absolute Gasteiger partial charge is 0.412 e. The molecule has 114 valence electrons. The summed E-state index contributed by atoms with van der Waals surface area (Å²) >= 11 is 0. The number of rotatable bonds is 10. The molecule has 0 fully saturated rings. The minimum absolute atomic E-state index is 0. The second kappa shape index (κ2) is 22.1. The molecule has 3 N–H and O–H groups in total. The molecule has 0 aromatic rings. The number of hydrogen-bond donors (Lipinski definition) is 1. The van der Waals surface area contributed by atoms with Crippen molar-refractivity contribution >= 4 is 0 Å². The average molecular weight is 263 g/mol. The second-order valence-corrected chi connectivity index (χ2v) is 5.25. The van der Waals surface area contributed by atoms with Crippen LogP contribution in [0.3, 0.4) is 0 Å². The first-order valence-corrected chi connectivity index (χ1v) is 7.36. The lowest BCUT2D eigenvalue weighted by Gasteiger charge is -2.00. The molecule has 0 radical (unpaired) electrons. The number of nitrogens with zero attached hydrogens (tertiary/aromatic N) is 1. The highest BCUT2D eigenvalue weighted by molar-refractivity contribution is 4.46. The molecule has 0 aliphatic rings. The van der Waals surface area contributed by atoms with Gasteiger partial charge in [-0.2, -0.15) is 0 Å². The van der Waals surface area contributed by atoms with Crippen LogP contribution in [0.25, 0.3) is 0 Å². The molecule has 0 saturated heterocycles. The molecular formula is C15H37NO2. The van der Waals surface area contributed by atoms with Crippen LogP contribution >= 0.6 is 0 Å². The fourth-order valence-corrected chi connectivity index (χ4v) is 1.60. The Morgan fingerprint density at radius 1 is 0.667 bits per heavy atom. The Hall–Kier alpha value is -0.120. The van der Waals surface area contributed by atoms with E-state index in [1.165, 1.54) is 57.8 Å². The van der Waals surface area contributed by atoms with E-state index in [1.807, 2.05) is 26.0 Å². The fourth-order valence-electron chi connectivity index (χ4n) is 1.60. The quantitative estimate of drug-likeness (QED) is 0.615. The summed E-state index contributed by atoms with van der Waals surface area (Å²) in [4.78, 5) is 2.00. The van der Waals surface area contributed by atoms with Crippen LogP contribution in [0, 0.1) is 0 Å². The minimum Gasteiger partial charge on any atom is -0.412 e. The molecule has 0 bridgehead atoms. The van der Waals surface area contributed by atoms with E-state index in [0.717, 1.165) is 6.42 Å². The molecule has 0 heterocycles. The van der Waals surface area contributed by atoms with E-state index in [-0.39, 0.29) is 5.48 Å². The van der Waals surface area contributed by atoms with Crippen molar-refractivity contribution in [3.63, 3.8) is 0 Å². The Bertz CT molecular complexity index is 106. The molecule has 0 aliphatic heterocycles. The van der Waals surface area contributed by atoms with Crippen LogP contribution in [-0.4, -0.2) is 43.2 Å². The average Bonchev–Trinajstić information content (AvgIpc) is 2.26. The zero-order valence-corrected chi connectivity index (χ0v) is 13.2. The molecule has 0 aromatic heterocycles. The van der Waals surface area contributed by atoms with Gasteiger partial charge in [-0.15, -0.1) is 0 Å². The van der Waals surface area contributed by atoms with E-state index in [9.17, 15) is 0 Å². The Labute approximate surface area is 115 Å². The maximum atomic E-state index is 8.57. The molecule has 0 unspecified atom stereocenters. The summed E-state index contributed by atoms with van der Waals surface area (Å²) in [5, 5.41) is 8.57. The van der Waals surface area contributed by atoms with Crippen molar-refractivity contribution in [1.29, 1.82) is 0 Å². The van der Waals surface area contributed by atoms with Gasteiger partial charge in [0.25, 0.3) is 0 Å². The van der Waals surface area contributed by atoms with Gasteiger partial charge in [0.1, 0.15) is 0 Å². The fraction of sp³-hybridized carbons (Fsp3) is 1.00. The Morgan fingerprint density at radius 3 is 1.22 bits per heavy atom. The van der Waals surface area contributed by atoms with Gasteiger partial charge in [0.05, 0.1) is 0 Å². The molecular weight excluding hydrogens is 226 g/mol. The molecule has 0 rings (SSSR count). The summed E-state index contributed by atoms with van der Waals surface area (Å²) in [5.41, 5.74) is 0. The van der Waals surface area contributed by atoms with Gasteiger partial charge >= 0.3 is 0 Å². The lowest BCUT2D eigenvalue weighted by Crippen LogP contribution is -1.99. The summed E-state index contributed by atoms with van der Waals surface area (Å²) in [6, 6.07) is 0. The zero-order valence-electron chi connectivity index (χ0n) is 13.2. The number of hydrogen-bond acceptors (Lipinski definition) is 2. The van der Waals surface area contributed by atoms with Gasteiger partial charge in [0.2, 0.25) is 0 Å². The van der Waals surface area contributed by atoms with Crippen molar-refractivity contribution in [2.75, 3.05) is 27.7 Å². The second-order valence-electron chi connectivity index (χ2n) is 5.25. The summed E-state index contributed by atoms with van der Waals surface area (Å²) in [6.07, 6.45) is 13.3. The van der Waals surface area contributed by atoms with E-state index >= 15 is 0 Å². The van der Waals surface area contributed by atoms with E-state index in [1.54, 1.807) is 0 Å². The predicted molar refractivity (Wildman–Crippen MR) is 82.2 cm³/mol. The highest BCUT2D eigenvalue weighted by Gasteiger charge is 1.91. The Morgan fingerprint density at radius 2 is 0.944 bits per heavy atom. The smallest absolute Gasteiger partial charge is 0.0431 e. The monoisotopic (exact) mass is 263 g/mol. The van der Waals surface area contributed by atoms with Gasteiger partial charge in [0, 0.05) is 6.61 Å². The first kappa shape index (κ1) is 23.0. The van der Waals surface area contributed by atoms with Crippen molar-refractivity contribution < 1.29 is 10.6 Å². The molecule has 0 aliphatic carbocycles. The third kappa shape index (κ3) is 36.0. The highest BCUT2D eigenvalue weighted by atomic mass is 16.2. The molecule has 18 heavy (non-hydrogen) atoms. The van der Waals surface area contributed by atoms with Crippen molar-refractivity contribution in [2.45, 2.75) is 71.1 Å². The third-order valence-corrected chi connectivity index (χ3v) is 2.51. The van der Waals surface area contributed by atoms with E-state index < -0.39 is 0 Å². The normalized spacial score (nSPS) is 9.67. The molecule has 0 spiro atoms. The van der Waals surface area contributed by atoms with Crippen molar-refractivity contribution in [1.82, 2.24) is 4.90 Å². The Balaban J connectivity index is -0.000000392. The maximum absolute atomic E-state index is 8.57. The van der Waals surface area contributed by atoms with Crippen molar-refractivity contribution in [2.24, 2.45) is 0 Å². The summed E-state index contributed by atoms with van der Waals surface area (Å²) in [5.74, 6) is 0. The van der Waals surface area contributed by atoms with Crippen LogP contribution < -0.4 is 0 Å². The zero-order chi connectivity index (χ0) is 13.4. The van der Waals surface area contributed by atoms with Crippen LogP contribution in [0.4, 0.5) is 0 Å². The standard InChI is InChI=1S/C12H26O.C3H9N.H2O/c1-2-3-4-5-6-7-8-9-10-11-12-13;1-4(2)3;/h13H,2-12H2,1H3;1-3H3;1H2. The lowest BCUT2D eigenvalue weighted by molar-refractivity contribution is 0.282. The third-order valence-electron chi connectivity index (χ3n) is 2.51. The summed E-state index contributed by atoms with van der Waals surface area (Å²) in [7, 11) is 6.00. The van der Waals surface area contributed by atoms with Crippen molar-refractivity contribution in [3.8, 4) is 0 Å². The molecule has 3 nitrogen and oxygen atoms in total.